The van der Waals surface area contributed by atoms with Crippen LogP contribution in [0.3, 0.4) is 0 Å². The third kappa shape index (κ3) is 22.5. The topological polar surface area (TPSA) is 12.4 Å². The summed E-state index contributed by atoms with van der Waals surface area (Å²) in [4.78, 5) is 3.93. The van der Waals surface area contributed by atoms with Crippen molar-refractivity contribution in [1.82, 2.24) is 0 Å². The SMILES string of the molecule is C=C(CC)CC=CN=CC.CC.CC. The minimum atomic E-state index is 0.952. The Morgan fingerprint density at radius 1 is 1.21 bits per heavy atom. The number of hydrogen-bond donors (Lipinski definition) is 0. The van der Waals surface area contributed by atoms with E-state index >= 15 is 0 Å². The number of nitrogens with zero attached hydrogens (tertiary/aromatic N) is 1. The molecule has 0 heterocycles. The second kappa shape index (κ2) is 22.7. The molecule has 0 aromatic heterocycles. The van der Waals surface area contributed by atoms with E-state index in [0.717, 1.165) is 12.8 Å². The summed E-state index contributed by atoms with van der Waals surface area (Å²) in [7, 11) is 0. The summed E-state index contributed by atoms with van der Waals surface area (Å²) in [5.74, 6) is 0. The smallest absolute Gasteiger partial charge is 0.0227 e. The van der Waals surface area contributed by atoms with E-state index in [1.165, 1.54) is 5.57 Å². The van der Waals surface area contributed by atoms with Gasteiger partial charge >= 0.3 is 0 Å². The fourth-order valence-electron chi connectivity index (χ4n) is 0.511. The Labute approximate surface area is 90.6 Å². The van der Waals surface area contributed by atoms with Crippen molar-refractivity contribution < 1.29 is 0 Å². The zero-order valence-electron chi connectivity index (χ0n) is 10.8. The van der Waals surface area contributed by atoms with Gasteiger partial charge in [-0.2, -0.15) is 0 Å². The van der Waals surface area contributed by atoms with E-state index in [-0.39, 0.29) is 0 Å². The van der Waals surface area contributed by atoms with Crippen molar-refractivity contribution in [3.05, 3.63) is 24.4 Å². The summed E-state index contributed by atoms with van der Waals surface area (Å²) < 4.78 is 0. The van der Waals surface area contributed by atoms with Gasteiger partial charge in [0.15, 0.2) is 0 Å². The van der Waals surface area contributed by atoms with Crippen molar-refractivity contribution in [1.29, 1.82) is 0 Å². The highest BCUT2D eigenvalue weighted by Crippen LogP contribution is 2.02. The monoisotopic (exact) mass is 197 g/mol. The van der Waals surface area contributed by atoms with Gasteiger partial charge in [0.05, 0.1) is 0 Å². The van der Waals surface area contributed by atoms with Crippen LogP contribution in [0, 0.1) is 0 Å². The van der Waals surface area contributed by atoms with Crippen LogP contribution in [0.2, 0.25) is 0 Å². The van der Waals surface area contributed by atoms with E-state index < -0.39 is 0 Å². The zero-order chi connectivity index (χ0) is 11.8. The van der Waals surface area contributed by atoms with Crippen LogP contribution in [0.25, 0.3) is 0 Å². The van der Waals surface area contributed by atoms with Gasteiger partial charge < -0.3 is 0 Å². The minimum Gasteiger partial charge on any atom is -0.270 e. The van der Waals surface area contributed by atoms with Gasteiger partial charge in [-0.25, -0.2) is 0 Å². The van der Waals surface area contributed by atoms with Crippen molar-refractivity contribution in [2.24, 2.45) is 4.99 Å². The summed E-state index contributed by atoms with van der Waals surface area (Å²) in [5.41, 5.74) is 1.25. The fourth-order valence-corrected chi connectivity index (χ4v) is 0.511. The highest BCUT2D eigenvalue weighted by molar-refractivity contribution is 5.54. The largest absolute Gasteiger partial charge is 0.270 e. The van der Waals surface area contributed by atoms with Gasteiger partial charge in [0.25, 0.3) is 0 Å². The van der Waals surface area contributed by atoms with Crippen molar-refractivity contribution in [2.45, 2.75) is 54.4 Å². The van der Waals surface area contributed by atoms with Gasteiger partial charge in [0.2, 0.25) is 0 Å². The molecule has 0 unspecified atom stereocenters. The molecule has 0 saturated heterocycles. The Morgan fingerprint density at radius 2 is 1.71 bits per heavy atom. The maximum atomic E-state index is 3.93. The predicted octanol–water partition coefficient (Wildman–Crippen LogP) is 5.00. The molecule has 0 amide bonds. The molecule has 0 aliphatic rings. The fraction of sp³-hybridized carbons (Fsp3) is 0.615. The maximum Gasteiger partial charge on any atom is 0.0227 e. The van der Waals surface area contributed by atoms with Gasteiger partial charge in [-0.3, -0.25) is 4.99 Å². The molecule has 0 atom stereocenters. The Kier molecular flexibility index (Phi) is 30.6. The Bertz CT molecular complexity index is 143. The molecule has 0 aliphatic carbocycles. The quantitative estimate of drug-likeness (QED) is 0.444. The first-order valence-corrected chi connectivity index (χ1v) is 5.60. The number of aliphatic imine (C=N–C) groups is 1. The molecule has 84 valence electrons. The second-order valence-electron chi connectivity index (χ2n) is 2.10. The first-order chi connectivity index (χ1) is 6.81. The van der Waals surface area contributed by atoms with E-state index in [0.29, 0.717) is 0 Å². The molecule has 0 aromatic rings. The van der Waals surface area contributed by atoms with Crippen LogP contribution >= 0.6 is 0 Å². The van der Waals surface area contributed by atoms with Crippen LogP contribution < -0.4 is 0 Å². The molecule has 0 aliphatic heterocycles. The first kappa shape index (κ1) is 18.8. The van der Waals surface area contributed by atoms with Crippen LogP contribution in [-0.4, -0.2) is 6.21 Å². The normalized spacial score (nSPS) is 9.00. The van der Waals surface area contributed by atoms with Crippen molar-refractivity contribution in [3.8, 4) is 0 Å². The van der Waals surface area contributed by atoms with Crippen LogP contribution in [0.4, 0.5) is 0 Å². The van der Waals surface area contributed by atoms with Crippen molar-refractivity contribution in [2.75, 3.05) is 0 Å². The third-order valence-electron chi connectivity index (χ3n) is 1.25. The molecule has 1 nitrogen and oxygen atoms in total. The summed E-state index contributed by atoms with van der Waals surface area (Å²) in [6, 6.07) is 0. The van der Waals surface area contributed by atoms with Gasteiger partial charge in [0.1, 0.15) is 0 Å². The summed E-state index contributed by atoms with van der Waals surface area (Å²) in [5, 5.41) is 0. The molecule has 0 N–H and O–H groups in total. The molecule has 14 heavy (non-hydrogen) atoms. The average Bonchev–Trinajstić information content (AvgIpc) is 2.29. The lowest BCUT2D eigenvalue weighted by atomic mass is 10.2. The minimum absolute atomic E-state index is 0.952. The van der Waals surface area contributed by atoms with Gasteiger partial charge in [0, 0.05) is 12.4 Å². The second-order valence-corrected chi connectivity index (χ2v) is 2.10. The zero-order valence-corrected chi connectivity index (χ0v) is 10.8. The van der Waals surface area contributed by atoms with Crippen LogP contribution in [0.5, 0.6) is 0 Å². The molecular weight excluding hydrogens is 170 g/mol. The van der Waals surface area contributed by atoms with Gasteiger partial charge in [-0.15, -0.1) is 0 Å². The molecule has 0 rings (SSSR count). The maximum absolute atomic E-state index is 3.93. The van der Waals surface area contributed by atoms with E-state index in [1.54, 1.807) is 12.4 Å². The third-order valence-corrected chi connectivity index (χ3v) is 1.25. The molecule has 1 heteroatoms. The van der Waals surface area contributed by atoms with Gasteiger partial charge in [-0.05, 0) is 19.8 Å². The average molecular weight is 197 g/mol. The molecule has 0 spiro atoms. The standard InChI is InChI=1S/C9H15N.2C2H6/c1-4-9(3)7-6-8-10-5-2;2*1-2/h5-6,8H,3-4,7H2,1-2H3;2*1-2H3. The van der Waals surface area contributed by atoms with Crippen LogP contribution in [0.15, 0.2) is 29.4 Å². The number of allylic oxidation sites excluding steroid dienone is 2. The first-order valence-electron chi connectivity index (χ1n) is 5.60. The molecule has 0 saturated carbocycles. The van der Waals surface area contributed by atoms with Crippen molar-refractivity contribution in [3.63, 3.8) is 0 Å². The van der Waals surface area contributed by atoms with Crippen molar-refractivity contribution >= 4 is 6.21 Å². The Balaban J connectivity index is -0.000000266. The van der Waals surface area contributed by atoms with Crippen LogP contribution in [0.1, 0.15) is 54.4 Å². The number of hydrogen-bond acceptors (Lipinski definition) is 1. The Hall–Kier alpha value is -0.850. The van der Waals surface area contributed by atoms with E-state index in [4.69, 9.17) is 0 Å². The highest BCUT2D eigenvalue weighted by Gasteiger charge is 1.82. The molecule has 0 aromatic carbocycles. The van der Waals surface area contributed by atoms with Crippen LogP contribution in [-0.2, 0) is 0 Å². The van der Waals surface area contributed by atoms with E-state index in [9.17, 15) is 0 Å². The lowest BCUT2D eigenvalue weighted by molar-refractivity contribution is 1.04. The molecule has 0 fully saturated rings. The summed E-state index contributed by atoms with van der Waals surface area (Å²) in [6.07, 6.45) is 7.60. The number of rotatable bonds is 4. The lowest BCUT2D eigenvalue weighted by Crippen LogP contribution is -1.72. The summed E-state index contributed by atoms with van der Waals surface area (Å²) >= 11 is 0. The van der Waals surface area contributed by atoms with E-state index in [2.05, 4.69) is 18.5 Å². The molecule has 0 bridgehead atoms. The summed E-state index contributed by atoms with van der Waals surface area (Å²) in [6.45, 7) is 15.9. The lowest BCUT2D eigenvalue weighted by Gasteiger charge is -1.92. The Morgan fingerprint density at radius 3 is 2.07 bits per heavy atom. The van der Waals surface area contributed by atoms with E-state index in [1.807, 2.05) is 40.7 Å². The van der Waals surface area contributed by atoms with Gasteiger partial charge in [-0.1, -0.05) is 52.8 Å². The highest BCUT2D eigenvalue weighted by atomic mass is 14.6. The molecular formula is C13H27N. The predicted molar refractivity (Wildman–Crippen MR) is 70.1 cm³/mol. The molecule has 0 radical (unpaired) electrons.